The van der Waals surface area contributed by atoms with Gasteiger partial charge in [-0.2, -0.15) is 11.5 Å². The number of hydrogen-bond acceptors (Lipinski definition) is 2. The van der Waals surface area contributed by atoms with Gasteiger partial charge in [0.2, 0.25) is 0 Å². The van der Waals surface area contributed by atoms with Crippen molar-refractivity contribution in [1.29, 1.82) is 0 Å². The molecule has 1 aromatic rings. The monoisotopic (exact) mass is 293 g/mol. The Labute approximate surface area is 148 Å². The molecule has 4 heteroatoms. The summed E-state index contributed by atoms with van der Waals surface area (Å²) in [4.78, 5) is 0. The molecule has 0 aliphatic carbocycles. The van der Waals surface area contributed by atoms with E-state index in [4.69, 9.17) is 0 Å². The molecule has 3 nitrogen and oxygen atoms in total. The molecule has 1 aromatic heterocycles. The van der Waals surface area contributed by atoms with Crippen molar-refractivity contribution < 1.29 is 58.2 Å². The summed E-state index contributed by atoms with van der Waals surface area (Å²) >= 11 is 0. The van der Waals surface area contributed by atoms with Crippen molar-refractivity contribution in [2.24, 2.45) is 0 Å². The van der Waals surface area contributed by atoms with Crippen LogP contribution in [0.1, 0.15) is 50.7 Å². The fraction of sp³-hybridized carbons (Fsp3) is 0.667. The van der Waals surface area contributed by atoms with E-state index in [-0.39, 0.29) is 58.2 Å². The van der Waals surface area contributed by atoms with Gasteiger partial charge in [-0.05, 0) is 33.0 Å². The van der Waals surface area contributed by atoms with E-state index in [0.29, 0.717) is 6.04 Å². The van der Waals surface area contributed by atoms with Crippen molar-refractivity contribution in [1.82, 2.24) is 15.1 Å². The van der Waals surface area contributed by atoms with Crippen LogP contribution in [0.25, 0.3) is 0 Å². The Kier molecular flexibility index (Phi) is 8.46. The topological polar surface area (TPSA) is 29.9 Å². The third kappa shape index (κ3) is 3.67. The quantitative estimate of drug-likeness (QED) is 0.705. The van der Waals surface area contributed by atoms with Crippen LogP contribution in [0.2, 0.25) is 0 Å². The number of fused-ring (bicyclic) bond motifs is 1. The first-order valence-corrected chi connectivity index (χ1v) is 5.82. The van der Waals surface area contributed by atoms with E-state index in [9.17, 15) is 0 Å². The summed E-state index contributed by atoms with van der Waals surface area (Å²) in [5.41, 5.74) is 3.83. The van der Waals surface area contributed by atoms with Crippen LogP contribution in [-0.4, -0.2) is 16.3 Å². The third-order valence-corrected chi connectivity index (χ3v) is 2.48. The summed E-state index contributed by atoms with van der Waals surface area (Å²) in [5, 5.41) is 7.86. The number of nitrogens with one attached hydrogen (secondary N) is 1. The standard InChI is InChI=1S/C10H16N3.C2H6.Rb/c1-7(2)13-10-4-5-11-6-9(10)8(3)12-13;1-2;/h4,7,11H,5-6H2,1-3H3;1-2H3;/q-1;;+1. The Morgan fingerprint density at radius 1 is 1.38 bits per heavy atom. The van der Waals surface area contributed by atoms with E-state index in [1.807, 2.05) is 13.8 Å². The smallest absolute Gasteiger partial charge is 0.342 e. The zero-order chi connectivity index (χ0) is 11.4. The number of nitrogens with zero attached hydrogens (tertiary/aromatic N) is 2. The van der Waals surface area contributed by atoms with Gasteiger partial charge in [-0.3, -0.25) is 4.68 Å². The van der Waals surface area contributed by atoms with E-state index in [0.717, 1.165) is 18.8 Å². The minimum Gasteiger partial charge on any atom is -0.342 e. The molecule has 0 atom stereocenters. The fourth-order valence-electron chi connectivity index (χ4n) is 1.79. The van der Waals surface area contributed by atoms with Crippen molar-refractivity contribution in [3.63, 3.8) is 0 Å². The molecule has 86 valence electrons. The van der Waals surface area contributed by atoms with E-state index in [1.54, 1.807) is 0 Å². The fourth-order valence-corrected chi connectivity index (χ4v) is 1.79. The van der Waals surface area contributed by atoms with Crippen molar-refractivity contribution in [3.05, 3.63) is 23.4 Å². The molecule has 0 saturated carbocycles. The maximum atomic E-state index is 4.54. The van der Waals surface area contributed by atoms with Gasteiger partial charge in [0.05, 0.1) is 0 Å². The first-order chi connectivity index (χ1) is 7.20. The Balaban J connectivity index is 0.000000711. The van der Waals surface area contributed by atoms with Crippen LogP contribution in [0.3, 0.4) is 0 Å². The molecular weight excluding hydrogens is 272 g/mol. The first-order valence-electron chi connectivity index (χ1n) is 5.82. The molecule has 2 rings (SSSR count). The van der Waals surface area contributed by atoms with E-state index < -0.39 is 0 Å². The number of hydrogen-bond donors (Lipinski definition) is 1. The average Bonchev–Trinajstić information content (AvgIpc) is 2.60. The molecule has 0 fully saturated rings. The molecule has 2 heterocycles. The molecule has 16 heavy (non-hydrogen) atoms. The molecule has 1 aliphatic rings. The van der Waals surface area contributed by atoms with Gasteiger partial charge in [-0.1, -0.05) is 26.1 Å². The zero-order valence-electron chi connectivity index (χ0n) is 11.5. The first kappa shape index (κ1) is 16.8. The Morgan fingerprint density at radius 3 is 2.56 bits per heavy atom. The molecule has 0 spiro atoms. The molecule has 0 unspecified atom stereocenters. The van der Waals surface area contributed by atoms with Gasteiger partial charge < -0.3 is 5.32 Å². The zero-order valence-corrected chi connectivity index (χ0v) is 16.4. The van der Waals surface area contributed by atoms with E-state index in [1.165, 1.54) is 11.3 Å². The van der Waals surface area contributed by atoms with Gasteiger partial charge in [-0.15, -0.1) is 5.56 Å². The summed E-state index contributed by atoms with van der Waals surface area (Å²) in [5.74, 6) is 0. The predicted molar refractivity (Wildman–Crippen MR) is 63.8 cm³/mol. The van der Waals surface area contributed by atoms with Gasteiger partial charge in [0, 0.05) is 6.04 Å². The molecule has 0 radical (unpaired) electrons. The Morgan fingerprint density at radius 2 is 2.00 bits per heavy atom. The molecular formula is C12H22N3Rb. The van der Waals surface area contributed by atoms with Crippen molar-refractivity contribution >= 4 is 0 Å². The van der Waals surface area contributed by atoms with Crippen LogP contribution in [0, 0.1) is 13.3 Å². The van der Waals surface area contributed by atoms with Crippen LogP contribution >= 0.6 is 0 Å². The van der Waals surface area contributed by atoms with E-state index >= 15 is 0 Å². The van der Waals surface area contributed by atoms with Gasteiger partial charge in [0.15, 0.2) is 0 Å². The predicted octanol–water partition coefficient (Wildman–Crippen LogP) is -0.542. The SMILES string of the molecule is CC.Cc1nn(C(C)C)c2c1CNC[CH-]2.[Rb+]. The number of rotatable bonds is 1. The second-order valence-corrected chi connectivity index (χ2v) is 3.82. The van der Waals surface area contributed by atoms with Gasteiger partial charge in [0.25, 0.3) is 0 Å². The second kappa shape index (κ2) is 8.04. The van der Waals surface area contributed by atoms with Crippen molar-refractivity contribution in [2.45, 2.75) is 47.2 Å². The molecule has 1 aliphatic heterocycles. The Hall–Kier alpha value is 0.845. The minimum absolute atomic E-state index is 0. The third-order valence-electron chi connectivity index (χ3n) is 2.48. The molecule has 0 amide bonds. The molecule has 0 saturated heterocycles. The summed E-state index contributed by atoms with van der Waals surface area (Å²) in [7, 11) is 0. The largest absolute Gasteiger partial charge is 1.00 e. The van der Waals surface area contributed by atoms with Crippen molar-refractivity contribution in [3.8, 4) is 0 Å². The molecule has 0 aromatic carbocycles. The van der Waals surface area contributed by atoms with Crippen molar-refractivity contribution in [2.75, 3.05) is 6.54 Å². The van der Waals surface area contributed by atoms with Crippen LogP contribution in [0.15, 0.2) is 0 Å². The average molecular weight is 294 g/mol. The summed E-state index contributed by atoms with van der Waals surface area (Å²) in [6.45, 7) is 12.3. The van der Waals surface area contributed by atoms with Gasteiger partial charge in [-0.25, -0.2) is 0 Å². The maximum Gasteiger partial charge on any atom is 1.00 e. The normalized spacial score (nSPS) is 13.1. The van der Waals surface area contributed by atoms with Gasteiger partial charge in [0.1, 0.15) is 0 Å². The second-order valence-electron chi connectivity index (χ2n) is 3.82. The molecule has 0 bridgehead atoms. The number of aromatic nitrogens is 2. The van der Waals surface area contributed by atoms with Crippen LogP contribution in [-0.2, 0) is 6.54 Å². The van der Waals surface area contributed by atoms with Crippen LogP contribution in [0.5, 0.6) is 0 Å². The number of aryl methyl sites for hydroxylation is 1. The summed E-state index contributed by atoms with van der Waals surface area (Å²) in [6.07, 6.45) is 2.22. The summed E-state index contributed by atoms with van der Waals surface area (Å²) in [6, 6.07) is 0.455. The van der Waals surface area contributed by atoms with E-state index in [2.05, 4.69) is 42.3 Å². The summed E-state index contributed by atoms with van der Waals surface area (Å²) < 4.78 is 2.12. The molecule has 1 N–H and O–H groups in total. The Bertz CT molecular complexity index is 318. The van der Waals surface area contributed by atoms with Crippen LogP contribution in [0.4, 0.5) is 0 Å². The maximum absolute atomic E-state index is 4.54. The van der Waals surface area contributed by atoms with Crippen LogP contribution < -0.4 is 63.5 Å². The van der Waals surface area contributed by atoms with Gasteiger partial charge >= 0.3 is 58.2 Å². The minimum atomic E-state index is 0.